The van der Waals surface area contributed by atoms with Crippen LogP contribution in [0, 0.1) is 0 Å². The van der Waals surface area contributed by atoms with Crippen LogP contribution in [0.1, 0.15) is 10.4 Å². The van der Waals surface area contributed by atoms with Crippen LogP contribution in [0.5, 0.6) is 5.75 Å². The van der Waals surface area contributed by atoms with Crippen LogP contribution < -0.4 is 10.1 Å². The van der Waals surface area contributed by atoms with Crippen LogP contribution in [0.3, 0.4) is 0 Å². The van der Waals surface area contributed by atoms with Gasteiger partial charge in [0.1, 0.15) is 10.8 Å². The Morgan fingerprint density at radius 2 is 1.83 bits per heavy atom. The number of halogens is 1. The predicted octanol–water partition coefficient (Wildman–Crippen LogP) is 5.44. The van der Waals surface area contributed by atoms with Gasteiger partial charge in [-0.05, 0) is 54.6 Å². The zero-order valence-electron chi connectivity index (χ0n) is 15.5. The number of aromatic nitrogens is 1. The minimum absolute atomic E-state index is 0.253. The number of nitrogens with zero attached hydrogens (tertiary/aromatic N) is 1. The molecule has 0 bridgehead atoms. The number of rotatable bonds is 6. The normalized spacial score (nSPS) is 10.7. The summed E-state index contributed by atoms with van der Waals surface area (Å²) >= 11 is 4.82. The number of carboxylic acid groups (broad SMARTS) is 1. The molecule has 4 aromatic rings. The molecule has 0 aliphatic heterocycles. The first-order chi connectivity index (χ1) is 14.5. The lowest BCUT2D eigenvalue weighted by Gasteiger charge is -2.11. The molecule has 0 unspecified atom stereocenters. The molecule has 0 fully saturated rings. The summed E-state index contributed by atoms with van der Waals surface area (Å²) in [5, 5.41) is 12.5. The lowest BCUT2D eigenvalue weighted by atomic mass is 10.1. The lowest BCUT2D eigenvalue weighted by Crippen LogP contribution is -2.12. The van der Waals surface area contributed by atoms with E-state index in [9.17, 15) is 9.59 Å². The summed E-state index contributed by atoms with van der Waals surface area (Å²) in [5.74, 6) is -0.937. The van der Waals surface area contributed by atoms with E-state index in [4.69, 9.17) is 9.84 Å². The summed E-state index contributed by atoms with van der Waals surface area (Å²) in [6.07, 6.45) is 0. The van der Waals surface area contributed by atoms with E-state index in [1.165, 1.54) is 11.3 Å². The van der Waals surface area contributed by atoms with Gasteiger partial charge in [-0.2, -0.15) is 0 Å². The molecule has 0 aliphatic carbocycles. The van der Waals surface area contributed by atoms with Crippen LogP contribution in [0.4, 0.5) is 5.69 Å². The van der Waals surface area contributed by atoms with Crippen LogP contribution in [0.25, 0.3) is 20.8 Å². The molecular weight excluding hydrogens is 468 g/mol. The molecule has 0 atom stereocenters. The highest BCUT2D eigenvalue weighted by atomic mass is 79.9. The largest absolute Gasteiger partial charge is 0.481 e. The topological polar surface area (TPSA) is 88.5 Å². The number of ether oxygens (including phenoxy) is 1. The van der Waals surface area contributed by atoms with Crippen molar-refractivity contribution >= 4 is 55.0 Å². The second-order valence-corrected chi connectivity index (χ2v) is 8.29. The summed E-state index contributed by atoms with van der Waals surface area (Å²) in [6, 6.07) is 19.8. The van der Waals surface area contributed by atoms with Crippen molar-refractivity contribution in [1.82, 2.24) is 4.98 Å². The zero-order chi connectivity index (χ0) is 21.1. The number of aliphatic carboxylic acids is 1. The molecule has 1 aromatic heterocycles. The Morgan fingerprint density at radius 1 is 1.07 bits per heavy atom. The van der Waals surface area contributed by atoms with E-state index in [0.717, 1.165) is 14.7 Å². The van der Waals surface area contributed by atoms with E-state index >= 15 is 0 Å². The maximum Gasteiger partial charge on any atom is 0.341 e. The molecule has 1 heterocycles. The third kappa shape index (κ3) is 4.50. The number of fused-ring (bicyclic) bond motifs is 1. The molecule has 30 heavy (non-hydrogen) atoms. The molecule has 2 N–H and O–H groups in total. The maximum absolute atomic E-state index is 12.6. The maximum atomic E-state index is 12.6. The van der Waals surface area contributed by atoms with Gasteiger partial charge in [-0.15, -0.1) is 11.3 Å². The minimum atomic E-state index is -1.07. The van der Waals surface area contributed by atoms with Gasteiger partial charge in [-0.1, -0.05) is 28.1 Å². The second kappa shape index (κ2) is 8.64. The first kappa shape index (κ1) is 20.1. The van der Waals surface area contributed by atoms with Gasteiger partial charge in [-0.25, -0.2) is 9.78 Å². The molecule has 1 amide bonds. The summed E-state index contributed by atoms with van der Waals surface area (Å²) in [6.45, 7) is -0.470. The van der Waals surface area contributed by atoms with Crippen molar-refractivity contribution in [2.45, 2.75) is 0 Å². The Kier molecular flexibility index (Phi) is 5.78. The Morgan fingerprint density at radius 3 is 2.57 bits per heavy atom. The number of carbonyl (C=O) groups is 2. The smallest absolute Gasteiger partial charge is 0.341 e. The predicted molar refractivity (Wildman–Crippen MR) is 120 cm³/mol. The van der Waals surface area contributed by atoms with Gasteiger partial charge < -0.3 is 15.2 Å². The van der Waals surface area contributed by atoms with Crippen molar-refractivity contribution in [1.29, 1.82) is 0 Å². The molecular formula is C22H15BrN2O4S. The van der Waals surface area contributed by atoms with Crippen molar-refractivity contribution in [3.05, 3.63) is 76.8 Å². The highest BCUT2D eigenvalue weighted by Gasteiger charge is 2.15. The molecule has 0 radical (unpaired) electrons. The average molecular weight is 483 g/mol. The van der Waals surface area contributed by atoms with Gasteiger partial charge >= 0.3 is 5.97 Å². The number of nitrogens with one attached hydrogen (secondary N) is 1. The lowest BCUT2D eigenvalue weighted by molar-refractivity contribution is -0.139. The quantitative estimate of drug-likeness (QED) is 0.381. The molecule has 0 saturated carbocycles. The number of carboxylic acids is 1. The fraction of sp³-hybridized carbons (Fsp3) is 0.0455. The van der Waals surface area contributed by atoms with Crippen molar-refractivity contribution in [2.24, 2.45) is 0 Å². The number of amides is 1. The number of para-hydroxylation sites is 1. The Balaban J connectivity index is 1.69. The first-order valence-electron chi connectivity index (χ1n) is 8.91. The second-order valence-electron chi connectivity index (χ2n) is 6.34. The Hall–Kier alpha value is -3.23. The van der Waals surface area contributed by atoms with Crippen LogP contribution in [0.2, 0.25) is 0 Å². The highest BCUT2D eigenvalue weighted by molar-refractivity contribution is 9.10. The molecule has 8 heteroatoms. The van der Waals surface area contributed by atoms with Crippen LogP contribution >= 0.6 is 27.3 Å². The van der Waals surface area contributed by atoms with Crippen LogP contribution in [0.15, 0.2) is 71.2 Å². The number of anilines is 1. The summed E-state index contributed by atoms with van der Waals surface area (Å²) in [5.41, 5.74) is 2.53. The van der Waals surface area contributed by atoms with E-state index in [0.29, 0.717) is 27.6 Å². The fourth-order valence-corrected chi connectivity index (χ4v) is 4.08. The van der Waals surface area contributed by atoms with Crippen molar-refractivity contribution < 1.29 is 19.4 Å². The van der Waals surface area contributed by atoms with Gasteiger partial charge in [0.2, 0.25) is 0 Å². The molecule has 0 aliphatic rings. The molecule has 3 aromatic carbocycles. The number of carbonyl (C=O) groups excluding carboxylic acids is 1. The van der Waals surface area contributed by atoms with E-state index in [1.54, 1.807) is 42.5 Å². The Bertz CT molecular complexity index is 1200. The summed E-state index contributed by atoms with van der Waals surface area (Å²) in [4.78, 5) is 28.2. The number of thiazole rings is 1. The Labute approximate surface area is 184 Å². The highest BCUT2D eigenvalue weighted by Crippen LogP contribution is 2.37. The van der Waals surface area contributed by atoms with Gasteiger partial charge in [0.05, 0.1) is 15.8 Å². The van der Waals surface area contributed by atoms with Crippen molar-refractivity contribution in [3.63, 3.8) is 0 Å². The summed E-state index contributed by atoms with van der Waals surface area (Å²) < 4.78 is 7.34. The molecule has 4 rings (SSSR count). The third-order valence-corrected chi connectivity index (χ3v) is 5.82. The van der Waals surface area contributed by atoms with Crippen molar-refractivity contribution in [3.8, 4) is 16.3 Å². The summed E-state index contributed by atoms with van der Waals surface area (Å²) in [7, 11) is 0. The average Bonchev–Trinajstić information content (AvgIpc) is 3.17. The van der Waals surface area contributed by atoms with E-state index in [1.807, 2.05) is 24.3 Å². The van der Waals surface area contributed by atoms with Gasteiger partial charge in [0.15, 0.2) is 6.61 Å². The minimum Gasteiger partial charge on any atom is -0.481 e. The van der Waals surface area contributed by atoms with Crippen molar-refractivity contribution in [2.75, 3.05) is 11.9 Å². The van der Waals surface area contributed by atoms with Gasteiger partial charge in [-0.3, -0.25) is 4.79 Å². The van der Waals surface area contributed by atoms with E-state index in [2.05, 4.69) is 26.2 Å². The molecule has 0 saturated heterocycles. The SMILES string of the molecule is O=C(O)COc1ccc(NC(=O)c2ccc(Br)cc2)cc1-c1nc2ccccc2s1. The molecule has 150 valence electrons. The molecule has 6 nitrogen and oxygen atoms in total. The van der Waals surface area contributed by atoms with E-state index < -0.39 is 12.6 Å². The fourth-order valence-electron chi connectivity index (χ4n) is 2.83. The van der Waals surface area contributed by atoms with Crippen LogP contribution in [-0.2, 0) is 4.79 Å². The van der Waals surface area contributed by atoms with Gasteiger partial charge in [0, 0.05) is 15.7 Å². The number of hydrogen-bond donors (Lipinski definition) is 2. The van der Waals surface area contributed by atoms with Crippen LogP contribution in [-0.4, -0.2) is 28.6 Å². The van der Waals surface area contributed by atoms with Gasteiger partial charge in [0.25, 0.3) is 5.91 Å². The number of hydrogen-bond acceptors (Lipinski definition) is 5. The standard InChI is InChI=1S/C22H15BrN2O4S/c23-14-7-5-13(6-8-14)21(28)24-15-9-10-18(29-12-20(26)27)16(11-15)22-25-17-3-1-2-4-19(17)30-22/h1-11H,12H2,(H,24,28)(H,26,27). The first-order valence-corrected chi connectivity index (χ1v) is 10.5. The monoisotopic (exact) mass is 482 g/mol. The van der Waals surface area contributed by atoms with E-state index in [-0.39, 0.29) is 5.91 Å². The zero-order valence-corrected chi connectivity index (χ0v) is 17.9. The third-order valence-electron chi connectivity index (χ3n) is 4.22. The number of benzene rings is 3. The molecule has 0 spiro atoms.